The van der Waals surface area contributed by atoms with Gasteiger partial charge in [0.2, 0.25) is 5.91 Å². The van der Waals surface area contributed by atoms with Crippen molar-refractivity contribution >= 4 is 11.9 Å². The highest BCUT2D eigenvalue weighted by molar-refractivity contribution is 5.76. The standard InChI is InChI=1S/C10H18N2O4/c13-9(12-4-6-16-7-5-12)2-1-3-11-8-10(14)15/h11H,1-8H2,(H,14,15). The first-order chi connectivity index (χ1) is 7.70. The number of hydrogen-bond donors (Lipinski definition) is 2. The van der Waals surface area contributed by atoms with Crippen molar-refractivity contribution in [2.75, 3.05) is 39.4 Å². The van der Waals surface area contributed by atoms with Gasteiger partial charge in [0.1, 0.15) is 0 Å². The molecule has 1 saturated heterocycles. The minimum atomic E-state index is -0.875. The summed E-state index contributed by atoms with van der Waals surface area (Å²) in [7, 11) is 0. The predicted molar refractivity (Wildman–Crippen MR) is 57.1 cm³/mol. The van der Waals surface area contributed by atoms with E-state index < -0.39 is 5.97 Å². The Balaban J connectivity index is 2.03. The van der Waals surface area contributed by atoms with Gasteiger partial charge < -0.3 is 20.1 Å². The normalized spacial score (nSPS) is 16.1. The number of rotatable bonds is 6. The first-order valence-corrected chi connectivity index (χ1v) is 5.48. The Kier molecular flexibility index (Phi) is 5.81. The van der Waals surface area contributed by atoms with Crippen molar-refractivity contribution < 1.29 is 19.4 Å². The molecule has 1 rings (SSSR count). The summed E-state index contributed by atoms with van der Waals surface area (Å²) in [5, 5.41) is 11.1. The average molecular weight is 230 g/mol. The molecule has 2 N–H and O–H groups in total. The van der Waals surface area contributed by atoms with Crippen LogP contribution in [0.3, 0.4) is 0 Å². The van der Waals surface area contributed by atoms with Crippen molar-refractivity contribution in [2.24, 2.45) is 0 Å². The molecular weight excluding hydrogens is 212 g/mol. The van der Waals surface area contributed by atoms with Crippen LogP contribution >= 0.6 is 0 Å². The molecule has 0 unspecified atom stereocenters. The topological polar surface area (TPSA) is 78.9 Å². The highest BCUT2D eigenvalue weighted by atomic mass is 16.5. The molecule has 6 heteroatoms. The highest BCUT2D eigenvalue weighted by Gasteiger charge is 2.15. The Bertz CT molecular complexity index is 239. The SMILES string of the molecule is O=C(O)CNCCCC(=O)N1CCOCC1. The molecule has 92 valence electrons. The van der Waals surface area contributed by atoms with Crippen LogP contribution in [0.25, 0.3) is 0 Å². The van der Waals surface area contributed by atoms with Gasteiger partial charge in [0.15, 0.2) is 0 Å². The quantitative estimate of drug-likeness (QED) is 0.590. The van der Waals surface area contributed by atoms with Gasteiger partial charge >= 0.3 is 5.97 Å². The molecule has 0 radical (unpaired) electrons. The van der Waals surface area contributed by atoms with E-state index in [1.165, 1.54) is 0 Å². The van der Waals surface area contributed by atoms with Crippen LogP contribution in [0, 0.1) is 0 Å². The van der Waals surface area contributed by atoms with Crippen molar-refractivity contribution in [3.63, 3.8) is 0 Å². The molecular formula is C10H18N2O4. The van der Waals surface area contributed by atoms with Crippen LogP contribution in [-0.4, -0.2) is 61.3 Å². The number of hydrogen-bond acceptors (Lipinski definition) is 4. The summed E-state index contributed by atoms with van der Waals surface area (Å²) in [4.78, 5) is 23.6. The second-order valence-corrected chi connectivity index (χ2v) is 3.67. The number of carbonyl (C=O) groups excluding carboxylic acids is 1. The first-order valence-electron chi connectivity index (χ1n) is 5.48. The molecule has 0 spiro atoms. The predicted octanol–water partition coefficient (Wildman–Crippen LogP) is -0.700. The third kappa shape index (κ3) is 5.09. The van der Waals surface area contributed by atoms with Crippen LogP contribution in [0.5, 0.6) is 0 Å². The molecule has 6 nitrogen and oxygen atoms in total. The lowest BCUT2D eigenvalue weighted by Gasteiger charge is -2.26. The zero-order chi connectivity index (χ0) is 11.8. The zero-order valence-electron chi connectivity index (χ0n) is 9.28. The van der Waals surface area contributed by atoms with Gasteiger partial charge in [-0.15, -0.1) is 0 Å². The van der Waals surface area contributed by atoms with Gasteiger partial charge in [-0.3, -0.25) is 9.59 Å². The fourth-order valence-electron chi connectivity index (χ4n) is 1.53. The summed E-state index contributed by atoms with van der Waals surface area (Å²) in [6, 6.07) is 0. The number of ether oxygens (including phenoxy) is 1. The van der Waals surface area contributed by atoms with Crippen LogP contribution in [0.4, 0.5) is 0 Å². The Hall–Kier alpha value is -1.14. The molecule has 0 saturated carbocycles. The molecule has 0 aromatic heterocycles. The van der Waals surface area contributed by atoms with Crippen LogP contribution < -0.4 is 5.32 Å². The lowest BCUT2D eigenvalue weighted by atomic mass is 10.2. The van der Waals surface area contributed by atoms with E-state index in [1.54, 1.807) is 4.90 Å². The number of carboxylic acids is 1. The Morgan fingerprint density at radius 1 is 1.31 bits per heavy atom. The summed E-state index contributed by atoms with van der Waals surface area (Å²) in [6.07, 6.45) is 1.14. The summed E-state index contributed by atoms with van der Waals surface area (Å²) < 4.78 is 5.15. The van der Waals surface area contributed by atoms with E-state index in [1.807, 2.05) is 0 Å². The smallest absolute Gasteiger partial charge is 0.317 e. The third-order valence-corrected chi connectivity index (χ3v) is 2.38. The fraction of sp³-hybridized carbons (Fsp3) is 0.800. The van der Waals surface area contributed by atoms with Gasteiger partial charge in [-0.25, -0.2) is 0 Å². The van der Waals surface area contributed by atoms with Crippen LogP contribution in [0.2, 0.25) is 0 Å². The minimum absolute atomic E-state index is 0.0499. The molecule has 1 amide bonds. The van der Waals surface area contributed by atoms with Gasteiger partial charge in [0, 0.05) is 19.5 Å². The first kappa shape index (κ1) is 12.9. The summed E-state index contributed by atoms with van der Waals surface area (Å²) >= 11 is 0. The third-order valence-electron chi connectivity index (χ3n) is 2.38. The van der Waals surface area contributed by atoms with E-state index >= 15 is 0 Å². The summed E-state index contributed by atoms with van der Waals surface area (Å²) in [5.41, 5.74) is 0. The maximum Gasteiger partial charge on any atom is 0.317 e. The van der Waals surface area contributed by atoms with Crippen molar-refractivity contribution in [3.05, 3.63) is 0 Å². The van der Waals surface area contributed by atoms with Gasteiger partial charge in [0.25, 0.3) is 0 Å². The Labute approximate surface area is 94.6 Å². The Morgan fingerprint density at radius 2 is 2.00 bits per heavy atom. The van der Waals surface area contributed by atoms with E-state index in [0.717, 1.165) is 0 Å². The number of carbonyl (C=O) groups is 2. The van der Waals surface area contributed by atoms with Crippen molar-refractivity contribution in [1.82, 2.24) is 10.2 Å². The molecule has 0 atom stereocenters. The molecule has 16 heavy (non-hydrogen) atoms. The number of morpholine rings is 1. The molecule has 0 bridgehead atoms. The van der Waals surface area contributed by atoms with Gasteiger partial charge in [-0.1, -0.05) is 0 Å². The van der Waals surface area contributed by atoms with E-state index in [-0.39, 0.29) is 12.5 Å². The lowest BCUT2D eigenvalue weighted by Crippen LogP contribution is -2.40. The maximum absolute atomic E-state index is 11.6. The fourth-order valence-corrected chi connectivity index (χ4v) is 1.53. The lowest BCUT2D eigenvalue weighted by molar-refractivity contribution is -0.136. The number of carboxylic acid groups (broad SMARTS) is 1. The molecule has 1 fully saturated rings. The second-order valence-electron chi connectivity index (χ2n) is 3.67. The highest BCUT2D eigenvalue weighted by Crippen LogP contribution is 2.01. The number of amides is 1. The summed E-state index contributed by atoms with van der Waals surface area (Å²) in [5.74, 6) is -0.750. The van der Waals surface area contributed by atoms with E-state index in [9.17, 15) is 9.59 Å². The summed E-state index contributed by atoms with van der Waals surface area (Å²) in [6.45, 7) is 3.07. The molecule has 0 aromatic rings. The van der Waals surface area contributed by atoms with E-state index in [4.69, 9.17) is 9.84 Å². The van der Waals surface area contributed by atoms with Crippen LogP contribution in [0.15, 0.2) is 0 Å². The zero-order valence-corrected chi connectivity index (χ0v) is 9.28. The maximum atomic E-state index is 11.6. The van der Waals surface area contributed by atoms with E-state index in [2.05, 4.69) is 5.32 Å². The van der Waals surface area contributed by atoms with Gasteiger partial charge in [0.05, 0.1) is 19.8 Å². The van der Waals surface area contributed by atoms with Crippen molar-refractivity contribution in [1.29, 1.82) is 0 Å². The number of nitrogens with one attached hydrogen (secondary N) is 1. The van der Waals surface area contributed by atoms with Crippen LogP contribution in [0.1, 0.15) is 12.8 Å². The van der Waals surface area contributed by atoms with Crippen LogP contribution in [-0.2, 0) is 14.3 Å². The molecule has 1 heterocycles. The number of nitrogens with zero attached hydrogens (tertiary/aromatic N) is 1. The number of aliphatic carboxylic acids is 1. The second kappa shape index (κ2) is 7.19. The molecule has 1 aliphatic rings. The molecule has 0 aromatic carbocycles. The minimum Gasteiger partial charge on any atom is -0.480 e. The van der Waals surface area contributed by atoms with Gasteiger partial charge in [-0.05, 0) is 13.0 Å². The Morgan fingerprint density at radius 3 is 2.62 bits per heavy atom. The van der Waals surface area contributed by atoms with Crippen molar-refractivity contribution in [3.8, 4) is 0 Å². The van der Waals surface area contributed by atoms with E-state index in [0.29, 0.717) is 45.7 Å². The molecule has 0 aliphatic carbocycles. The monoisotopic (exact) mass is 230 g/mol. The van der Waals surface area contributed by atoms with Crippen molar-refractivity contribution in [2.45, 2.75) is 12.8 Å². The largest absolute Gasteiger partial charge is 0.480 e. The average Bonchev–Trinajstić information content (AvgIpc) is 2.29. The molecule has 1 aliphatic heterocycles. The van der Waals surface area contributed by atoms with Gasteiger partial charge in [-0.2, -0.15) is 0 Å².